The molecule has 1 aliphatic carbocycles. The monoisotopic (exact) mass is 131 g/mol. The van der Waals surface area contributed by atoms with Crippen molar-refractivity contribution in [3.05, 3.63) is 0 Å². The van der Waals surface area contributed by atoms with Crippen molar-refractivity contribution in [1.29, 1.82) is 0 Å². The van der Waals surface area contributed by atoms with Gasteiger partial charge in [-0.1, -0.05) is 6.92 Å². The molecule has 0 aromatic carbocycles. The highest BCUT2D eigenvalue weighted by Crippen LogP contribution is 2.43. The molecule has 0 aromatic heterocycles. The fraction of sp³-hybridized carbons (Fsp3) is 1.00. The molecular weight excluding hydrogens is 117 g/mol. The van der Waals surface area contributed by atoms with Crippen LogP contribution in [0.2, 0.25) is 0 Å². The summed E-state index contributed by atoms with van der Waals surface area (Å²) in [5, 5.41) is 0. The summed E-state index contributed by atoms with van der Waals surface area (Å²) in [6.45, 7) is 2.00. The summed E-state index contributed by atoms with van der Waals surface area (Å²) in [7, 11) is 0. The highest BCUT2D eigenvalue weighted by atomic mass is 19.1. The zero-order valence-corrected chi connectivity index (χ0v) is 5.86. The summed E-state index contributed by atoms with van der Waals surface area (Å²) in [5.74, 6) is 0. The van der Waals surface area contributed by atoms with Crippen LogP contribution in [0.4, 0.5) is 4.39 Å². The Morgan fingerprint density at radius 2 is 2.22 bits per heavy atom. The van der Waals surface area contributed by atoms with E-state index in [0.29, 0.717) is 6.42 Å². The third kappa shape index (κ3) is 1.94. The number of hydrogen-bond acceptors (Lipinski definition) is 1. The van der Waals surface area contributed by atoms with Crippen molar-refractivity contribution < 1.29 is 4.39 Å². The number of hydrogen-bond donors (Lipinski definition) is 1. The molecule has 2 heteroatoms. The lowest BCUT2D eigenvalue weighted by Crippen LogP contribution is -2.23. The highest BCUT2D eigenvalue weighted by molar-refractivity contribution is 4.96. The number of rotatable bonds is 3. The molecule has 0 bridgehead atoms. The van der Waals surface area contributed by atoms with E-state index in [2.05, 4.69) is 0 Å². The van der Waals surface area contributed by atoms with Crippen LogP contribution < -0.4 is 5.73 Å². The third-order valence-corrected chi connectivity index (χ3v) is 1.94. The Bertz CT molecular complexity index is 99.1. The van der Waals surface area contributed by atoms with E-state index in [1.165, 1.54) is 0 Å². The molecule has 0 amide bonds. The highest BCUT2D eigenvalue weighted by Gasteiger charge is 2.43. The van der Waals surface area contributed by atoms with E-state index >= 15 is 0 Å². The smallest absolute Gasteiger partial charge is 0.112 e. The van der Waals surface area contributed by atoms with Crippen LogP contribution >= 0.6 is 0 Å². The lowest BCUT2D eigenvalue weighted by molar-refractivity contribution is 0.268. The van der Waals surface area contributed by atoms with Crippen LogP contribution in [0.25, 0.3) is 0 Å². The summed E-state index contributed by atoms with van der Waals surface area (Å²) in [6, 6.07) is 0.0810. The number of nitrogens with two attached hydrogens (primary N) is 1. The first-order valence-corrected chi connectivity index (χ1v) is 3.61. The minimum atomic E-state index is -0.852. The topological polar surface area (TPSA) is 26.0 Å². The van der Waals surface area contributed by atoms with Crippen molar-refractivity contribution in [2.45, 2.75) is 44.3 Å². The van der Waals surface area contributed by atoms with Crippen LogP contribution in [-0.4, -0.2) is 11.7 Å². The zero-order chi connectivity index (χ0) is 6.91. The van der Waals surface area contributed by atoms with Gasteiger partial charge in [0.1, 0.15) is 5.67 Å². The van der Waals surface area contributed by atoms with Gasteiger partial charge < -0.3 is 5.73 Å². The molecule has 1 fully saturated rings. The second-order valence-electron chi connectivity index (χ2n) is 3.02. The van der Waals surface area contributed by atoms with Crippen LogP contribution in [-0.2, 0) is 0 Å². The van der Waals surface area contributed by atoms with Crippen molar-refractivity contribution >= 4 is 0 Å². The van der Waals surface area contributed by atoms with Gasteiger partial charge >= 0.3 is 0 Å². The van der Waals surface area contributed by atoms with Gasteiger partial charge in [-0.05, 0) is 25.7 Å². The molecule has 1 saturated carbocycles. The minimum Gasteiger partial charge on any atom is -0.328 e. The molecule has 0 radical (unpaired) electrons. The minimum absolute atomic E-state index is 0.0810. The molecule has 0 spiro atoms. The lowest BCUT2D eigenvalue weighted by Gasteiger charge is -2.10. The number of halogens is 1. The summed E-state index contributed by atoms with van der Waals surface area (Å²) in [5.41, 5.74) is 4.71. The first-order chi connectivity index (χ1) is 4.16. The van der Waals surface area contributed by atoms with Crippen LogP contribution in [0, 0.1) is 0 Å². The molecule has 1 nitrogen and oxygen atoms in total. The van der Waals surface area contributed by atoms with E-state index in [1.807, 2.05) is 6.92 Å². The fourth-order valence-electron chi connectivity index (χ4n) is 0.954. The molecule has 2 N–H and O–H groups in total. The van der Waals surface area contributed by atoms with Gasteiger partial charge in [-0.3, -0.25) is 0 Å². The Labute approximate surface area is 55.4 Å². The molecule has 0 heterocycles. The predicted octanol–water partition coefficient (Wildman–Crippen LogP) is 1.62. The lowest BCUT2D eigenvalue weighted by atomic mass is 10.1. The molecule has 1 aliphatic rings. The summed E-state index contributed by atoms with van der Waals surface area (Å²) < 4.78 is 12.9. The molecule has 0 saturated heterocycles. The van der Waals surface area contributed by atoms with Gasteiger partial charge in [0.15, 0.2) is 0 Å². The van der Waals surface area contributed by atoms with Crippen molar-refractivity contribution in [1.82, 2.24) is 0 Å². The summed E-state index contributed by atoms with van der Waals surface area (Å²) in [6.07, 6.45) is 2.94. The molecule has 1 atom stereocenters. The van der Waals surface area contributed by atoms with E-state index in [9.17, 15) is 4.39 Å². The summed E-state index contributed by atoms with van der Waals surface area (Å²) in [4.78, 5) is 0. The van der Waals surface area contributed by atoms with Crippen LogP contribution in [0.1, 0.15) is 32.6 Å². The second kappa shape index (κ2) is 2.25. The largest absolute Gasteiger partial charge is 0.328 e. The van der Waals surface area contributed by atoms with Crippen molar-refractivity contribution in [3.63, 3.8) is 0 Å². The molecular formula is C7H14FN. The number of alkyl halides is 1. The first-order valence-electron chi connectivity index (χ1n) is 3.61. The van der Waals surface area contributed by atoms with Gasteiger partial charge in [-0.15, -0.1) is 0 Å². The van der Waals surface area contributed by atoms with E-state index in [1.54, 1.807) is 0 Å². The van der Waals surface area contributed by atoms with Crippen LogP contribution in [0.3, 0.4) is 0 Å². The maximum atomic E-state index is 12.9. The van der Waals surface area contributed by atoms with Gasteiger partial charge in [-0.2, -0.15) is 0 Å². The Morgan fingerprint density at radius 3 is 2.56 bits per heavy atom. The average Bonchev–Trinajstić information content (AvgIpc) is 2.48. The fourth-order valence-corrected chi connectivity index (χ4v) is 0.954. The van der Waals surface area contributed by atoms with Crippen LogP contribution in [0.5, 0.6) is 0 Å². The van der Waals surface area contributed by atoms with Gasteiger partial charge in [0, 0.05) is 6.04 Å². The molecule has 9 heavy (non-hydrogen) atoms. The molecule has 54 valence electrons. The summed E-state index contributed by atoms with van der Waals surface area (Å²) >= 11 is 0. The SMILES string of the molecule is CC[C@H](N)CC1(F)CC1. The van der Waals surface area contributed by atoms with E-state index in [-0.39, 0.29) is 6.04 Å². The molecule has 0 unspecified atom stereocenters. The van der Waals surface area contributed by atoms with Gasteiger partial charge in [0.05, 0.1) is 0 Å². The third-order valence-electron chi connectivity index (χ3n) is 1.94. The van der Waals surface area contributed by atoms with Gasteiger partial charge in [-0.25, -0.2) is 4.39 Å². The van der Waals surface area contributed by atoms with E-state index < -0.39 is 5.67 Å². The average molecular weight is 131 g/mol. The normalized spacial score (nSPS) is 25.7. The van der Waals surface area contributed by atoms with Crippen LogP contribution in [0.15, 0.2) is 0 Å². The maximum Gasteiger partial charge on any atom is 0.112 e. The van der Waals surface area contributed by atoms with E-state index in [0.717, 1.165) is 19.3 Å². The van der Waals surface area contributed by atoms with Crippen molar-refractivity contribution in [2.24, 2.45) is 5.73 Å². The van der Waals surface area contributed by atoms with Crippen molar-refractivity contribution in [2.75, 3.05) is 0 Å². The molecule has 1 rings (SSSR count). The molecule has 0 aliphatic heterocycles. The Balaban J connectivity index is 2.17. The predicted molar refractivity (Wildman–Crippen MR) is 36.0 cm³/mol. The van der Waals surface area contributed by atoms with Gasteiger partial charge in [0.25, 0.3) is 0 Å². The maximum absolute atomic E-state index is 12.9. The first kappa shape index (κ1) is 7.00. The zero-order valence-electron chi connectivity index (χ0n) is 5.86. The molecule has 0 aromatic rings. The Kier molecular flexibility index (Phi) is 1.75. The van der Waals surface area contributed by atoms with Crippen molar-refractivity contribution in [3.8, 4) is 0 Å². The quantitative estimate of drug-likeness (QED) is 0.618. The van der Waals surface area contributed by atoms with E-state index in [4.69, 9.17) is 5.73 Å². The Hall–Kier alpha value is -0.110. The second-order valence-corrected chi connectivity index (χ2v) is 3.02. The van der Waals surface area contributed by atoms with Gasteiger partial charge in [0.2, 0.25) is 0 Å². The standard InChI is InChI=1S/C7H14FN/c1-2-6(9)5-7(8)3-4-7/h6H,2-5,9H2,1H3/t6-/m0/s1. The Morgan fingerprint density at radius 1 is 1.67 bits per heavy atom.